The summed E-state index contributed by atoms with van der Waals surface area (Å²) in [5.41, 5.74) is 3.85. The number of para-hydroxylation sites is 1. The first-order valence-electron chi connectivity index (χ1n) is 20.0. The smallest absolute Gasteiger partial charge is 0.136 e. The van der Waals surface area contributed by atoms with Crippen molar-refractivity contribution >= 4 is 43.5 Å². The van der Waals surface area contributed by atoms with Crippen LogP contribution in [0.25, 0.3) is 88.0 Å². The Balaban J connectivity index is 1.45. The minimum atomic E-state index is -0.467. The van der Waals surface area contributed by atoms with Crippen molar-refractivity contribution in [1.29, 1.82) is 0 Å². The Labute approximate surface area is 277 Å². The second-order valence-corrected chi connectivity index (χ2v) is 10.8. The molecule has 9 rings (SSSR count). The molecule has 0 aliphatic rings. The minimum Gasteiger partial charge on any atom is -0.456 e. The van der Waals surface area contributed by atoms with Gasteiger partial charge in [0.05, 0.1) is 15.1 Å². The zero-order valence-electron chi connectivity index (χ0n) is 34.7. The molecule has 1 nitrogen and oxygen atoms in total. The van der Waals surface area contributed by atoms with E-state index in [0.717, 1.165) is 32.7 Å². The molecule has 0 N–H and O–H groups in total. The zero-order chi connectivity index (χ0) is 39.3. The highest BCUT2D eigenvalue weighted by Crippen LogP contribution is 2.48. The molecule has 0 fully saturated rings. The molecule has 0 aliphatic heterocycles. The second kappa shape index (κ2) is 10.4. The van der Waals surface area contributed by atoms with Crippen LogP contribution in [0.2, 0.25) is 0 Å². The van der Waals surface area contributed by atoms with Crippen LogP contribution in [-0.2, 0) is 0 Å². The predicted octanol–water partition coefficient (Wildman–Crippen LogP) is 12.6. The van der Waals surface area contributed by atoms with Gasteiger partial charge in [0.1, 0.15) is 11.2 Å². The molecule has 0 unspecified atom stereocenters. The summed E-state index contributed by atoms with van der Waals surface area (Å²) in [6.07, 6.45) is 0. The second-order valence-electron chi connectivity index (χ2n) is 10.8. The Morgan fingerprint density at radius 2 is 1.00 bits per heavy atom. The average Bonchev–Trinajstić information content (AvgIpc) is 3.62. The predicted molar refractivity (Wildman–Crippen MR) is 190 cm³/mol. The molecule has 1 heterocycles. The third kappa shape index (κ3) is 4.17. The van der Waals surface area contributed by atoms with Crippen molar-refractivity contribution in [1.82, 2.24) is 0 Å². The van der Waals surface area contributed by atoms with Gasteiger partial charge in [-0.05, 0) is 90.2 Å². The van der Waals surface area contributed by atoms with Crippen molar-refractivity contribution in [3.05, 3.63) is 170 Å². The van der Waals surface area contributed by atoms with Crippen molar-refractivity contribution in [3.63, 3.8) is 0 Å². The van der Waals surface area contributed by atoms with E-state index in [9.17, 15) is 2.74 Å². The van der Waals surface area contributed by atoms with Gasteiger partial charge in [0.25, 0.3) is 0 Å². The Hall–Kier alpha value is -5.92. The molecule has 0 atom stereocenters. The molecule has 1 aromatic heterocycles. The third-order valence-electron chi connectivity index (χ3n) is 8.26. The molecular weight excluding hydrogens is 544 g/mol. The maximum atomic E-state index is 9.93. The Bertz CT molecular complexity index is 3070. The van der Waals surface area contributed by atoms with Crippen LogP contribution in [0.3, 0.4) is 0 Å². The lowest BCUT2D eigenvalue weighted by Crippen LogP contribution is -1.92. The van der Waals surface area contributed by atoms with Crippen LogP contribution >= 0.6 is 0 Å². The lowest BCUT2D eigenvalue weighted by Gasteiger charge is -2.19. The first-order chi connectivity index (χ1) is 26.9. The molecule has 0 saturated heterocycles. The SMILES string of the molecule is [2H]c1c([2H])c([2H])c(-c2cccc(-c3c4ccccc4c(-c4c([2H])c(-c5ccccc5)c([2H])c5oc6c([2H])c([2H])c([2H])c([2H])c6c45)c4ccccc34)c2)c([2H])c1[2H]. The Morgan fingerprint density at radius 1 is 0.400 bits per heavy atom. The quantitative estimate of drug-likeness (QED) is 0.188. The number of hydrogen-bond acceptors (Lipinski definition) is 1. The van der Waals surface area contributed by atoms with Crippen molar-refractivity contribution in [2.75, 3.05) is 0 Å². The van der Waals surface area contributed by atoms with Crippen LogP contribution in [0.5, 0.6) is 0 Å². The summed E-state index contributed by atoms with van der Waals surface area (Å²) in [5.74, 6) is 0. The molecule has 8 aromatic carbocycles. The van der Waals surface area contributed by atoms with E-state index in [-0.39, 0.29) is 69.3 Å². The van der Waals surface area contributed by atoms with Crippen LogP contribution in [0.1, 0.15) is 15.1 Å². The van der Waals surface area contributed by atoms with E-state index in [0.29, 0.717) is 22.3 Å². The summed E-state index contributed by atoms with van der Waals surface area (Å²) in [6.45, 7) is 0. The van der Waals surface area contributed by atoms with E-state index >= 15 is 0 Å². The lowest BCUT2D eigenvalue weighted by atomic mass is 9.83. The fourth-order valence-corrected chi connectivity index (χ4v) is 6.35. The van der Waals surface area contributed by atoms with Gasteiger partial charge in [-0.1, -0.05) is 145 Å². The van der Waals surface area contributed by atoms with Crippen molar-refractivity contribution < 1.29 is 19.5 Å². The summed E-state index contributed by atoms with van der Waals surface area (Å²) in [7, 11) is 0. The molecule has 0 amide bonds. The fourth-order valence-electron chi connectivity index (χ4n) is 6.35. The highest BCUT2D eigenvalue weighted by molar-refractivity contribution is 6.26. The van der Waals surface area contributed by atoms with Crippen molar-refractivity contribution in [2.24, 2.45) is 0 Å². The van der Waals surface area contributed by atoms with E-state index in [4.69, 9.17) is 16.8 Å². The molecule has 1 heteroatoms. The summed E-state index contributed by atoms with van der Waals surface area (Å²) in [5, 5.41) is 3.32. The summed E-state index contributed by atoms with van der Waals surface area (Å²) in [4.78, 5) is 0. The van der Waals surface area contributed by atoms with Crippen LogP contribution < -0.4 is 0 Å². The van der Waals surface area contributed by atoms with Crippen molar-refractivity contribution in [3.8, 4) is 44.5 Å². The first kappa shape index (κ1) is 16.8. The first-order valence-corrected chi connectivity index (χ1v) is 14.5. The van der Waals surface area contributed by atoms with Crippen LogP contribution in [0.4, 0.5) is 0 Å². The van der Waals surface area contributed by atoms with Gasteiger partial charge < -0.3 is 4.42 Å². The van der Waals surface area contributed by atoms with Gasteiger partial charge in [0.15, 0.2) is 0 Å². The number of furan rings is 1. The highest BCUT2D eigenvalue weighted by atomic mass is 16.3. The maximum absolute atomic E-state index is 9.93. The molecule has 210 valence electrons. The van der Waals surface area contributed by atoms with Crippen LogP contribution in [0.15, 0.2) is 174 Å². The molecule has 45 heavy (non-hydrogen) atoms. The van der Waals surface area contributed by atoms with Gasteiger partial charge >= 0.3 is 0 Å². The van der Waals surface area contributed by atoms with Crippen molar-refractivity contribution in [2.45, 2.75) is 0 Å². The summed E-state index contributed by atoms with van der Waals surface area (Å²) >= 11 is 0. The number of rotatable bonds is 4. The van der Waals surface area contributed by atoms with E-state index in [1.165, 1.54) is 0 Å². The molecule has 0 radical (unpaired) electrons. The lowest BCUT2D eigenvalue weighted by molar-refractivity contribution is 0.669. The van der Waals surface area contributed by atoms with E-state index in [2.05, 4.69) is 0 Å². The molecular formula is C44H28O. The number of benzene rings is 8. The summed E-state index contributed by atoms with van der Waals surface area (Å²) < 4.78 is 102. The normalized spacial score (nSPS) is 15.0. The molecule has 0 aliphatic carbocycles. The maximum Gasteiger partial charge on any atom is 0.136 e. The van der Waals surface area contributed by atoms with E-state index in [1.807, 2.05) is 78.9 Å². The van der Waals surface area contributed by atoms with Gasteiger partial charge in [0.2, 0.25) is 0 Å². The van der Waals surface area contributed by atoms with Gasteiger partial charge in [-0.3, -0.25) is 0 Å². The minimum absolute atomic E-state index is 0.00458. The van der Waals surface area contributed by atoms with E-state index < -0.39 is 30.2 Å². The van der Waals surface area contributed by atoms with Gasteiger partial charge in [-0.25, -0.2) is 0 Å². The van der Waals surface area contributed by atoms with E-state index in [1.54, 1.807) is 24.3 Å². The Kier molecular flexibility index (Phi) is 3.87. The largest absolute Gasteiger partial charge is 0.456 e. The molecule has 9 aromatic rings. The van der Waals surface area contributed by atoms with Gasteiger partial charge in [-0.15, -0.1) is 0 Å². The highest BCUT2D eigenvalue weighted by Gasteiger charge is 2.21. The topological polar surface area (TPSA) is 13.1 Å². The molecule has 0 spiro atoms. The third-order valence-corrected chi connectivity index (χ3v) is 8.26. The number of fused-ring (bicyclic) bond motifs is 5. The standard InChI is InChI=1S/C44H28O/c1-3-14-29(15-4-1)31-18-13-19-32(26-31)42-34-20-7-9-22-36(34)43(37-23-10-8-21-35(37)42)39-27-33(30-16-5-2-6-17-30)28-41-44(39)38-24-11-12-25-40(38)45-41/h1-28H/i1D,3D,4D,11D,12D,14D,15D,24D,25D,27D,28D. The van der Waals surface area contributed by atoms with Crippen LogP contribution in [0, 0.1) is 0 Å². The van der Waals surface area contributed by atoms with Gasteiger partial charge in [0, 0.05) is 10.8 Å². The Morgan fingerprint density at radius 3 is 1.73 bits per heavy atom. The average molecular weight is 584 g/mol. The summed E-state index contributed by atoms with van der Waals surface area (Å²) in [6, 6.07) is 28.0. The number of hydrogen-bond donors (Lipinski definition) is 0. The monoisotopic (exact) mass is 583 g/mol. The fraction of sp³-hybridized carbons (Fsp3) is 0. The van der Waals surface area contributed by atoms with Gasteiger partial charge in [-0.2, -0.15) is 0 Å². The van der Waals surface area contributed by atoms with Crippen LogP contribution in [-0.4, -0.2) is 0 Å². The molecule has 0 saturated carbocycles. The molecule has 0 bridgehead atoms. The zero-order valence-corrected chi connectivity index (χ0v) is 23.7.